The molecular formula is C14H23ClN2. The lowest BCUT2D eigenvalue weighted by atomic mass is 10.0. The number of halogens is 1. The van der Waals surface area contributed by atoms with Gasteiger partial charge in [0.1, 0.15) is 0 Å². The maximum atomic E-state index is 6.26. The minimum atomic E-state index is 0.212. The molecule has 1 aromatic rings. The Morgan fingerprint density at radius 2 is 1.94 bits per heavy atom. The average molecular weight is 255 g/mol. The van der Waals surface area contributed by atoms with Gasteiger partial charge in [0.05, 0.1) is 0 Å². The Hall–Kier alpha value is -0.570. The van der Waals surface area contributed by atoms with Crippen LogP contribution in [0, 0.1) is 0 Å². The van der Waals surface area contributed by atoms with Crippen LogP contribution < -0.4 is 5.73 Å². The zero-order valence-corrected chi connectivity index (χ0v) is 11.7. The predicted molar refractivity (Wildman–Crippen MR) is 75.4 cm³/mol. The fourth-order valence-electron chi connectivity index (χ4n) is 2.22. The summed E-state index contributed by atoms with van der Waals surface area (Å²) in [6, 6.07) is 8.67. The standard InChI is InChI=1S/C14H23ClN2/c1-4-9-17(11(2)3)14(10-16)12-7-5-6-8-13(12)15/h5-8,11,14H,4,9-10,16H2,1-3H3. The Bertz CT molecular complexity index is 339. The van der Waals surface area contributed by atoms with E-state index in [-0.39, 0.29) is 6.04 Å². The third kappa shape index (κ3) is 3.70. The quantitative estimate of drug-likeness (QED) is 0.843. The molecule has 17 heavy (non-hydrogen) atoms. The van der Waals surface area contributed by atoms with Crippen molar-refractivity contribution in [1.29, 1.82) is 0 Å². The number of hydrogen-bond donors (Lipinski definition) is 1. The van der Waals surface area contributed by atoms with E-state index in [4.69, 9.17) is 17.3 Å². The third-order valence-electron chi connectivity index (χ3n) is 3.03. The minimum Gasteiger partial charge on any atom is -0.329 e. The van der Waals surface area contributed by atoms with Gasteiger partial charge in [-0.2, -0.15) is 0 Å². The van der Waals surface area contributed by atoms with E-state index in [2.05, 4.69) is 31.7 Å². The highest BCUT2D eigenvalue weighted by atomic mass is 35.5. The van der Waals surface area contributed by atoms with Crippen LogP contribution >= 0.6 is 11.6 Å². The molecule has 0 amide bonds. The molecule has 1 aromatic carbocycles. The van der Waals surface area contributed by atoms with Gasteiger partial charge in [-0.15, -0.1) is 0 Å². The van der Waals surface area contributed by atoms with E-state index in [9.17, 15) is 0 Å². The molecule has 2 nitrogen and oxygen atoms in total. The van der Waals surface area contributed by atoms with Crippen LogP contribution in [-0.4, -0.2) is 24.0 Å². The Kier molecular flexibility index (Phi) is 5.96. The van der Waals surface area contributed by atoms with E-state index >= 15 is 0 Å². The van der Waals surface area contributed by atoms with Crippen molar-refractivity contribution in [2.24, 2.45) is 5.73 Å². The molecule has 0 radical (unpaired) electrons. The van der Waals surface area contributed by atoms with Crippen LogP contribution in [0.1, 0.15) is 38.8 Å². The summed E-state index contributed by atoms with van der Waals surface area (Å²) in [6.07, 6.45) is 1.12. The molecular weight excluding hydrogens is 232 g/mol. The lowest BCUT2D eigenvalue weighted by Gasteiger charge is -2.34. The van der Waals surface area contributed by atoms with Gasteiger partial charge in [-0.25, -0.2) is 0 Å². The number of rotatable bonds is 6. The molecule has 1 atom stereocenters. The molecule has 0 fully saturated rings. The molecule has 0 bridgehead atoms. The first-order valence-corrected chi connectivity index (χ1v) is 6.69. The Morgan fingerprint density at radius 3 is 2.41 bits per heavy atom. The number of hydrogen-bond acceptors (Lipinski definition) is 2. The lowest BCUT2D eigenvalue weighted by molar-refractivity contribution is 0.157. The zero-order valence-electron chi connectivity index (χ0n) is 11.0. The Balaban J connectivity index is 3.00. The van der Waals surface area contributed by atoms with E-state index in [1.165, 1.54) is 0 Å². The average Bonchev–Trinajstić information content (AvgIpc) is 2.31. The van der Waals surface area contributed by atoms with Crippen LogP contribution in [0.25, 0.3) is 0 Å². The van der Waals surface area contributed by atoms with Crippen molar-refractivity contribution in [3.63, 3.8) is 0 Å². The molecule has 0 spiro atoms. The van der Waals surface area contributed by atoms with Gasteiger partial charge < -0.3 is 5.73 Å². The normalized spacial score (nSPS) is 13.4. The highest BCUT2D eigenvalue weighted by Gasteiger charge is 2.22. The molecule has 0 aliphatic heterocycles. The predicted octanol–water partition coefficient (Wildman–Crippen LogP) is 3.46. The second-order valence-electron chi connectivity index (χ2n) is 4.60. The van der Waals surface area contributed by atoms with E-state index in [1.54, 1.807) is 0 Å². The summed E-state index contributed by atoms with van der Waals surface area (Å²) in [7, 11) is 0. The zero-order chi connectivity index (χ0) is 12.8. The van der Waals surface area contributed by atoms with Gasteiger partial charge in [-0.3, -0.25) is 4.90 Å². The van der Waals surface area contributed by atoms with Gasteiger partial charge >= 0.3 is 0 Å². The summed E-state index contributed by atoms with van der Waals surface area (Å²) in [4.78, 5) is 2.42. The van der Waals surface area contributed by atoms with E-state index in [0.717, 1.165) is 23.6 Å². The number of nitrogens with zero attached hydrogens (tertiary/aromatic N) is 1. The van der Waals surface area contributed by atoms with Crippen molar-refractivity contribution < 1.29 is 0 Å². The first-order chi connectivity index (χ1) is 8.11. The lowest BCUT2D eigenvalue weighted by Crippen LogP contribution is -2.39. The van der Waals surface area contributed by atoms with Crippen molar-refractivity contribution in [2.45, 2.75) is 39.3 Å². The summed E-state index contributed by atoms with van der Waals surface area (Å²) in [5, 5.41) is 0.810. The first-order valence-electron chi connectivity index (χ1n) is 6.32. The molecule has 2 N–H and O–H groups in total. The summed E-state index contributed by atoms with van der Waals surface area (Å²) < 4.78 is 0. The van der Waals surface area contributed by atoms with Crippen LogP contribution in [-0.2, 0) is 0 Å². The van der Waals surface area contributed by atoms with Crippen molar-refractivity contribution in [3.05, 3.63) is 34.9 Å². The summed E-state index contributed by atoms with van der Waals surface area (Å²) in [5.41, 5.74) is 7.08. The van der Waals surface area contributed by atoms with E-state index in [0.29, 0.717) is 12.6 Å². The summed E-state index contributed by atoms with van der Waals surface area (Å²) >= 11 is 6.26. The SMILES string of the molecule is CCCN(C(C)C)C(CN)c1ccccc1Cl. The smallest absolute Gasteiger partial charge is 0.0487 e. The fraction of sp³-hybridized carbons (Fsp3) is 0.571. The fourth-order valence-corrected chi connectivity index (χ4v) is 2.48. The molecule has 0 saturated heterocycles. The molecule has 0 saturated carbocycles. The number of nitrogens with two attached hydrogens (primary N) is 1. The van der Waals surface area contributed by atoms with E-state index < -0.39 is 0 Å². The van der Waals surface area contributed by atoms with Crippen molar-refractivity contribution in [1.82, 2.24) is 4.90 Å². The topological polar surface area (TPSA) is 29.3 Å². The highest BCUT2D eigenvalue weighted by Crippen LogP contribution is 2.28. The van der Waals surface area contributed by atoms with Gasteiger partial charge in [0, 0.05) is 23.7 Å². The Labute approximate surface area is 110 Å². The number of benzene rings is 1. The van der Waals surface area contributed by atoms with Crippen molar-refractivity contribution in [3.8, 4) is 0 Å². The van der Waals surface area contributed by atoms with Gasteiger partial charge in [-0.05, 0) is 38.4 Å². The van der Waals surface area contributed by atoms with Gasteiger partial charge in [-0.1, -0.05) is 36.7 Å². The molecule has 0 heterocycles. The second-order valence-corrected chi connectivity index (χ2v) is 5.01. The third-order valence-corrected chi connectivity index (χ3v) is 3.38. The molecule has 3 heteroatoms. The summed E-state index contributed by atoms with van der Waals surface area (Å²) in [5.74, 6) is 0. The molecule has 96 valence electrons. The molecule has 0 aromatic heterocycles. The summed E-state index contributed by atoms with van der Waals surface area (Å²) in [6.45, 7) is 8.24. The van der Waals surface area contributed by atoms with Gasteiger partial charge in [0.15, 0.2) is 0 Å². The second kappa shape index (κ2) is 7.00. The van der Waals surface area contributed by atoms with Crippen molar-refractivity contribution in [2.75, 3.05) is 13.1 Å². The Morgan fingerprint density at radius 1 is 1.29 bits per heavy atom. The monoisotopic (exact) mass is 254 g/mol. The maximum absolute atomic E-state index is 6.26. The van der Waals surface area contributed by atoms with Gasteiger partial charge in [0.2, 0.25) is 0 Å². The van der Waals surface area contributed by atoms with Crippen LogP contribution in [0.15, 0.2) is 24.3 Å². The first kappa shape index (κ1) is 14.5. The highest BCUT2D eigenvalue weighted by molar-refractivity contribution is 6.31. The van der Waals surface area contributed by atoms with Crippen LogP contribution in [0.5, 0.6) is 0 Å². The molecule has 1 unspecified atom stereocenters. The van der Waals surface area contributed by atoms with Gasteiger partial charge in [0.25, 0.3) is 0 Å². The maximum Gasteiger partial charge on any atom is 0.0487 e. The van der Waals surface area contributed by atoms with Crippen LogP contribution in [0.4, 0.5) is 0 Å². The van der Waals surface area contributed by atoms with Crippen LogP contribution in [0.2, 0.25) is 5.02 Å². The van der Waals surface area contributed by atoms with E-state index in [1.807, 2.05) is 18.2 Å². The minimum absolute atomic E-state index is 0.212. The largest absolute Gasteiger partial charge is 0.329 e. The molecule has 0 aliphatic rings. The molecule has 1 rings (SSSR count). The van der Waals surface area contributed by atoms with Crippen LogP contribution in [0.3, 0.4) is 0 Å². The molecule has 0 aliphatic carbocycles. The van der Waals surface area contributed by atoms with Crippen molar-refractivity contribution >= 4 is 11.6 Å².